The largest absolute Gasteiger partial charge is 0.379 e. The molecule has 3 nitrogen and oxygen atoms in total. The van der Waals surface area contributed by atoms with Gasteiger partial charge in [-0.05, 0) is 50.7 Å². The van der Waals surface area contributed by atoms with Gasteiger partial charge in [0.2, 0.25) is 5.91 Å². The first-order valence-electron chi connectivity index (χ1n) is 7.54. The molecule has 1 aliphatic rings. The van der Waals surface area contributed by atoms with Crippen LogP contribution in [0.25, 0.3) is 0 Å². The van der Waals surface area contributed by atoms with Crippen molar-refractivity contribution >= 4 is 5.91 Å². The molecule has 0 radical (unpaired) electrons. The summed E-state index contributed by atoms with van der Waals surface area (Å²) < 4.78 is 5.45. The molecule has 1 aromatic carbocycles. The highest BCUT2D eigenvalue weighted by molar-refractivity contribution is 5.82. The molecule has 0 heterocycles. The highest BCUT2D eigenvalue weighted by atomic mass is 16.5. The van der Waals surface area contributed by atoms with E-state index in [1.165, 1.54) is 11.1 Å². The summed E-state index contributed by atoms with van der Waals surface area (Å²) in [6, 6.07) is 8.36. The Kier molecular flexibility index (Phi) is 5.18. The summed E-state index contributed by atoms with van der Waals surface area (Å²) in [5.74, 6) is 0.785. The zero-order valence-corrected chi connectivity index (χ0v) is 12.7. The number of hydrogen-bond acceptors (Lipinski definition) is 2. The average molecular weight is 275 g/mol. The van der Waals surface area contributed by atoms with E-state index in [2.05, 4.69) is 30.4 Å². The smallest absolute Gasteiger partial charge is 0.223 e. The van der Waals surface area contributed by atoms with Crippen LogP contribution in [0.1, 0.15) is 43.7 Å². The molecule has 110 valence electrons. The van der Waals surface area contributed by atoms with Gasteiger partial charge in [0.05, 0.1) is 6.10 Å². The minimum atomic E-state index is 0.169. The summed E-state index contributed by atoms with van der Waals surface area (Å²) >= 11 is 0. The van der Waals surface area contributed by atoms with Crippen molar-refractivity contribution in [2.45, 2.75) is 45.6 Å². The van der Waals surface area contributed by atoms with E-state index in [1.54, 1.807) is 0 Å². The van der Waals surface area contributed by atoms with Crippen LogP contribution >= 0.6 is 0 Å². The van der Waals surface area contributed by atoms with Crippen molar-refractivity contribution in [3.63, 3.8) is 0 Å². The summed E-state index contributed by atoms with van der Waals surface area (Å²) in [5.41, 5.74) is 2.62. The van der Waals surface area contributed by atoms with E-state index in [9.17, 15) is 4.79 Å². The number of rotatable bonds is 7. The Balaban J connectivity index is 1.70. The molecule has 1 amide bonds. The third-order valence-corrected chi connectivity index (χ3v) is 3.79. The van der Waals surface area contributed by atoms with Gasteiger partial charge in [-0.3, -0.25) is 4.79 Å². The molecule has 1 saturated carbocycles. The lowest BCUT2D eigenvalue weighted by Crippen LogP contribution is -2.27. The van der Waals surface area contributed by atoms with Crippen molar-refractivity contribution in [3.05, 3.63) is 35.4 Å². The van der Waals surface area contributed by atoms with Gasteiger partial charge in [-0.2, -0.15) is 0 Å². The van der Waals surface area contributed by atoms with Crippen LogP contribution in [-0.2, 0) is 9.53 Å². The van der Waals surface area contributed by atoms with Gasteiger partial charge in [0.15, 0.2) is 0 Å². The van der Waals surface area contributed by atoms with Crippen LogP contribution in [-0.4, -0.2) is 25.2 Å². The van der Waals surface area contributed by atoms with Crippen LogP contribution in [0.4, 0.5) is 0 Å². The first-order chi connectivity index (χ1) is 9.59. The number of ether oxygens (including phenoxy) is 1. The Bertz CT molecular complexity index is 456. The molecule has 20 heavy (non-hydrogen) atoms. The fraction of sp³-hybridized carbons (Fsp3) is 0.588. The molecule has 0 saturated heterocycles. The monoisotopic (exact) mass is 275 g/mol. The molecule has 1 N–H and O–H groups in total. The second kappa shape index (κ2) is 6.89. The van der Waals surface area contributed by atoms with Gasteiger partial charge in [0.25, 0.3) is 0 Å². The first-order valence-corrected chi connectivity index (χ1v) is 7.54. The molecule has 0 aromatic heterocycles. The number of aryl methyl sites for hydroxylation is 1. The van der Waals surface area contributed by atoms with Crippen LogP contribution in [0, 0.1) is 12.8 Å². The number of carbonyl (C=O) groups excluding carboxylic acids is 1. The molecule has 2 rings (SSSR count). The van der Waals surface area contributed by atoms with Crippen LogP contribution in [0.2, 0.25) is 0 Å². The van der Waals surface area contributed by atoms with Crippen molar-refractivity contribution in [1.82, 2.24) is 5.32 Å². The number of carbonyl (C=O) groups is 1. The van der Waals surface area contributed by atoms with E-state index in [4.69, 9.17) is 4.74 Å². The number of hydrogen-bond donors (Lipinski definition) is 1. The Hall–Kier alpha value is -1.35. The van der Waals surface area contributed by atoms with Gasteiger partial charge in [-0.15, -0.1) is 0 Å². The summed E-state index contributed by atoms with van der Waals surface area (Å²) in [6.45, 7) is 7.59. The van der Waals surface area contributed by atoms with Crippen LogP contribution < -0.4 is 5.32 Å². The molecule has 1 aromatic rings. The molecule has 0 aliphatic heterocycles. The molecule has 0 unspecified atom stereocenters. The lowest BCUT2D eigenvalue weighted by molar-refractivity contribution is -0.122. The van der Waals surface area contributed by atoms with Gasteiger partial charge in [-0.1, -0.05) is 24.3 Å². The highest BCUT2D eigenvalue weighted by Gasteiger charge is 2.44. The minimum absolute atomic E-state index is 0.169. The Morgan fingerprint density at radius 3 is 2.85 bits per heavy atom. The first kappa shape index (κ1) is 15.0. The lowest BCUT2D eigenvalue weighted by atomic mass is 10.0. The van der Waals surface area contributed by atoms with E-state index >= 15 is 0 Å². The fourth-order valence-electron chi connectivity index (χ4n) is 2.57. The van der Waals surface area contributed by atoms with E-state index in [0.29, 0.717) is 19.1 Å². The molecule has 0 spiro atoms. The van der Waals surface area contributed by atoms with E-state index in [0.717, 1.165) is 12.8 Å². The maximum atomic E-state index is 12.0. The molecular formula is C17H25NO2. The number of nitrogens with one attached hydrogen (secondary N) is 1. The van der Waals surface area contributed by atoms with Crippen molar-refractivity contribution in [2.75, 3.05) is 13.2 Å². The van der Waals surface area contributed by atoms with Gasteiger partial charge in [0.1, 0.15) is 0 Å². The SMILES string of the molecule is Cc1ccccc1[C@H]1C[C@@H]1C(=O)NCCCOC(C)C. The van der Waals surface area contributed by atoms with E-state index < -0.39 is 0 Å². The summed E-state index contributed by atoms with van der Waals surface area (Å²) in [6.07, 6.45) is 2.13. The van der Waals surface area contributed by atoms with Crippen molar-refractivity contribution in [3.8, 4) is 0 Å². The molecule has 0 bridgehead atoms. The maximum Gasteiger partial charge on any atom is 0.223 e. The summed E-state index contributed by atoms with van der Waals surface area (Å²) in [7, 11) is 0. The standard InChI is InChI=1S/C17H25NO2/c1-12(2)20-10-6-9-18-17(19)16-11-15(16)14-8-5-4-7-13(14)3/h4-5,7-8,12,15-16H,6,9-11H2,1-3H3,(H,18,19)/t15-,16+/m1/s1. The van der Waals surface area contributed by atoms with Crippen LogP contribution in [0.3, 0.4) is 0 Å². The maximum absolute atomic E-state index is 12.0. The third-order valence-electron chi connectivity index (χ3n) is 3.79. The van der Waals surface area contributed by atoms with Gasteiger partial charge >= 0.3 is 0 Å². The quantitative estimate of drug-likeness (QED) is 0.777. The van der Waals surface area contributed by atoms with Crippen molar-refractivity contribution in [1.29, 1.82) is 0 Å². The number of amides is 1. The zero-order valence-electron chi connectivity index (χ0n) is 12.7. The summed E-state index contributed by atoms with van der Waals surface area (Å²) in [4.78, 5) is 12.0. The second-order valence-corrected chi connectivity index (χ2v) is 5.87. The Morgan fingerprint density at radius 2 is 2.15 bits per heavy atom. The molecule has 2 atom stereocenters. The van der Waals surface area contributed by atoms with Crippen molar-refractivity contribution in [2.24, 2.45) is 5.92 Å². The zero-order chi connectivity index (χ0) is 14.5. The van der Waals surface area contributed by atoms with Gasteiger partial charge in [-0.25, -0.2) is 0 Å². The topological polar surface area (TPSA) is 38.3 Å². The van der Waals surface area contributed by atoms with Crippen LogP contribution in [0.15, 0.2) is 24.3 Å². The molecular weight excluding hydrogens is 250 g/mol. The number of benzene rings is 1. The summed E-state index contributed by atoms with van der Waals surface area (Å²) in [5, 5.41) is 3.02. The molecule has 3 heteroatoms. The third kappa shape index (κ3) is 4.07. The Labute approximate surface area is 121 Å². The van der Waals surface area contributed by atoms with Crippen molar-refractivity contribution < 1.29 is 9.53 Å². The predicted molar refractivity (Wildman–Crippen MR) is 80.7 cm³/mol. The predicted octanol–water partition coefficient (Wildman–Crippen LogP) is 3.03. The lowest BCUT2D eigenvalue weighted by Gasteiger charge is -2.08. The Morgan fingerprint density at radius 1 is 1.40 bits per heavy atom. The fourth-order valence-corrected chi connectivity index (χ4v) is 2.57. The van der Waals surface area contributed by atoms with Crippen LogP contribution in [0.5, 0.6) is 0 Å². The molecule has 1 fully saturated rings. The molecule has 1 aliphatic carbocycles. The van der Waals surface area contributed by atoms with E-state index in [1.807, 2.05) is 19.9 Å². The average Bonchev–Trinajstić information content (AvgIpc) is 3.18. The second-order valence-electron chi connectivity index (χ2n) is 5.87. The highest BCUT2D eigenvalue weighted by Crippen LogP contribution is 2.48. The van der Waals surface area contributed by atoms with E-state index in [-0.39, 0.29) is 17.9 Å². The van der Waals surface area contributed by atoms with Gasteiger partial charge in [0, 0.05) is 19.1 Å². The minimum Gasteiger partial charge on any atom is -0.379 e. The van der Waals surface area contributed by atoms with Gasteiger partial charge < -0.3 is 10.1 Å². The normalized spacial score (nSPS) is 21.0.